The summed E-state index contributed by atoms with van der Waals surface area (Å²) in [5.74, 6) is 1.36. The second kappa shape index (κ2) is 7.01. The molecule has 0 bridgehead atoms. The van der Waals surface area contributed by atoms with E-state index in [-0.39, 0.29) is 11.3 Å². The van der Waals surface area contributed by atoms with E-state index < -0.39 is 0 Å². The fraction of sp³-hybridized carbons (Fsp3) is 0.444. The Labute approximate surface area is 151 Å². The molecule has 0 radical (unpaired) electrons. The first-order valence-electron chi connectivity index (χ1n) is 8.21. The quantitative estimate of drug-likeness (QED) is 0.886. The second-order valence-corrected chi connectivity index (χ2v) is 7.78. The Balaban J connectivity index is 1.77. The van der Waals surface area contributed by atoms with E-state index in [4.69, 9.17) is 15.2 Å². The van der Waals surface area contributed by atoms with Crippen molar-refractivity contribution in [3.63, 3.8) is 0 Å². The van der Waals surface area contributed by atoms with Gasteiger partial charge < -0.3 is 20.1 Å². The van der Waals surface area contributed by atoms with Crippen molar-refractivity contribution in [3.8, 4) is 22.1 Å². The van der Waals surface area contributed by atoms with Gasteiger partial charge in [-0.25, -0.2) is 4.98 Å². The van der Waals surface area contributed by atoms with E-state index in [1.807, 2.05) is 32.0 Å². The molecular formula is C18H23N3O3S. The number of hydrogen-bond acceptors (Lipinski definition) is 6. The lowest BCUT2D eigenvalue weighted by Gasteiger charge is -2.28. The summed E-state index contributed by atoms with van der Waals surface area (Å²) in [5, 5.41) is 2.58. The molecule has 3 rings (SSSR count). The Bertz CT molecular complexity index is 773. The van der Waals surface area contributed by atoms with Crippen LogP contribution in [-0.4, -0.2) is 49.1 Å². The zero-order chi connectivity index (χ0) is 18.0. The number of ether oxygens (including phenoxy) is 2. The number of rotatable bonds is 5. The van der Waals surface area contributed by atoms with Crippen molar-refractivity contribution in [1.82, 2.24) is 9.88 Å². The van der Waals surface area contributed by atoms with Gasteiger partial charge in [-0.2, -0.15) is 0 Å². The average Bonchev–Trinajstić information content (AvgIpc) is 3.10. The molecule has 1 amide bonds. The number of benzene rings is 1. The number of hydrogen-bond donors (Lipinski definition) is 1. The van der Waals surface area contributed by atoms with E-state index in [0.29, 0.717) is 37.7 Å². The van der Waals surface area contributed by atoms with Crippen LogP contribution in [0.2, 0.25) is 0 Å². The number of fused-ring (bicyclic) bond motifs is 1. The number of aromatic nitrogens is 1. The molecule has 2 aromatic rings. The highest BCUT2D eigenvalue weighted by Gasteiger charge is 2.23. The molecule has 0 fully saturated rings. The summed E-state index contributed by atoms with van der Waals surface area (Å²) in [6, 6.07) is 5.72. The summed E-state index contributed by atoms with van der Waals surface area (Å²) in [6.07, 6.45) is 0. The summed E-state index contributed by atoms with van der Waals surface area (Å²) >= 11 is 1.44. The minimum atomic E-state index is -0.126. The first-order chi connectivity index (χ1) is 11.9. The van der Waals surface area contributed by atoms with E-state index in [9.17, 15) is 4.79 Å². The summed E-state index contributed by atoms with van der Waals surface area (Å²) in [6.45, 7) is 6.29. The number of carbonyl (C=O) groups is 1. The fourth-order valence-electron chi connectivity index (χ4n) is 2.65. The molecule has 0 saturated heterocycles. The van der Waals surface area contributed by atoms with Crippen molar-refractivity contribution in [2.75, 3.05) is 33.4 Å². The van der Waals surface area contributed by atoms with Gasteiger partial charge in [0.05, 0.1) is 0 Å². The average molecular weight is 361 g/mol. The van der Waals surface area contributed by atoms with Gasteiger partial charge in [-0.1, -0.05) is 13.8 Å². The van der Waals surface area contributed by atoms with Crippen LogP contribution < -0.4 is 15.2 Å². The highest BCUT2D eigenvalue weighted by molar-refractivity contribution is 7.13. The molecule has 6 nitrogen and oxygen atoms in total. The zero-order valence-corrected chi connectivity index (χ0v) is 15.6. The van der Waals surface area contributed by atoms with Crippen molar-refractivity contribution in [2.45, 2.75) is 13.8 Å². The highest BCUT2D eigenvalue weighted by Crippen LogP contribution is 2.35. The largest absolute Gasteiger partial charge is 0.486 e. The van der Waals surface area contributed by atoms with Gasteiger partial charge in [-0.05, 0) is 30.2 Å². The van der Waals surface area contributed by atoms with Crippen molar-refractivity contribution >= 4 is 17.2 Å². The lowest BCUT2D eigenvalue weighted by atomic mass is 9.93. The molecule has 134 valence electrons. The van der Waals surface area contributed by atoms with Gasteiger partial charge in [0.1, 0.15) is 23.9 Å². The monoisotopic (exact) mass is 361 g/mol. The van der Waals surface area contributed by atoms with Gasteiger partial charge in [-0.15, -0.1) is 11.3 Å². The van der Waals surface area contributed by atoms with Crippen LogP contribution in [0.3, 0.4) is 0 Å². The SMILES string of the molecule is CN(CC(C)(C)CN)C(=O)c1csc(-c2ccc3c(c2)OCCO3)n1. The standard InChI is InChI=1S/C18H23N3O3S/c1-18(2,10-19)11-21(3)17(22)13-9-25-16(20-13)12-4-5-14-15(8-12)24-7-6-23-14/h4-5,8-9H,6-7,10-11,19H2,1-3H3. The summed E-state index contributed by atoms with van der Waals surface area (Å²) < 4.78 is 11.1. The van der Waals surface area contributed by atoms with Crippen LogP contribution in [0.4, 0.5) is 0 Å². The van der Waals surface area contributed by atoms with Crippen molar-refractivity contribution < 1.29 is 14.3 Å². The Morgan fingerprint density at radius 3 is 2.76 bits per heavy atom. The third-order valence-electron chi connectivity index (χ3n) is 4.08. The lowest BCUT2D eigenvalue weighted by Crippen LogP contribution is -2.39. The number of nitrogens with zero attached hydrogens (tertiary/aromatic N) is 2. The molecule has 1 aromatic heterocycles. The van der Waals surface area contributed by atoms with E-state index in [2.05, 4.69) is 4.98 Å². The van der Waals surface area contributed by atoms with Crippen LogP contribution in [0.1, 0.15) is 24.3 Å². The third kappa shape index (κ3) is 3.93. The Morgan fingerprint density at radius 1 is 1.32 bits per heavy atom. The normalized spacial score (nSPS) is 13.6. The smallest absolute Gasteiger partial charge is 0.273 e. The molecule has 0 saturated carbocycles. The summed E-state index contributed by atoms with van der Waals surface area (Å²) in [4.78, 5) is 18.8. The number of amides is 1. The van der Waals surface area contributed by atoms with E-state index in [0.717, 1.165) is 16.3 Å². The molecule has 25 heavy (non-hydrogen) atoms. The molecule has 7 heteroatoms. The molecule has 1 aliphatic rings. The number of carbonyl (C=O) groups excluding carboxylic acids is 1. The zero-order valence-electron chi connectivity index (χ0n) is 14.7. The van der Waals surface area contributed by atoms with Gasteiger partial charge in [0.25, 0.3) is 5.91 Å². The number of thiazole rings is 1. The second-order valence-electron chi connectivity index (χ2n) is 6.93. The molecule has 0 aliphatic carbocycles. The van der Waals surface area contributed by atoms with Crippen LogP contribution in [0.25, 0.3) is 10.6 Å². The highest BCUT2D eigenvalue weighted by atomic mass is 32.1. The molecule has 0 unspecified atom stereocenters. The van der Waals surface area contributed by atoms with E-state index >= 15 is 0 Å². The number of nitrogens with two attached hydrogens (primary N) is 1. The maximum Gasteiger partial charge on any atom is 0.273 e. The Hall–Kier alpha value is -2.12. The predicted molar refractivity (Wildman–Crippen MR) is 98.3 cm³/mol. The molecule has 1 aromatic carbocycles. The maximum atomic E-state index is 12.6. The summed E-state index contributed by atoms with van der Waals surface area (Å²) in [7, 11) is 1.78. The Kier molecular flexibility index (Phi) is 4.96. The molecular weight excluding hydrogens is 338 g/mol. The van der Waals surface area contributed by atoms with Gasteiger partial charge in [0.15, 0.2) is 11.5 Å². The van der Waals surface area contributed by atoms with Gasteiger partial charge >= 0.3 is 0 Å². The molecule has 0 atom stereocenters. The third-order valence-corrected chi connectivity index (χ3v) is 4.97. The van der Waals surface area contributed by atoms with Crippen LogP contribution in [0, 0.1) is 5.41 Å². The van der Waals surface area contributed by atoms with Crippen molar-refractivity contribution in [1.29, 1.82) is 0 Å². The molecule has 0 spiro atoms. The predicted octanol–water partition coefficient (Wildman–Crippen LogP) is 2.64. The van der Waals surface area contributed by atoms with Gasteiger partial charge in [0.2, 0.25) is 0 Å². The molecule has 1 aliphatic heterocycles. The van der Waals surface area contributed by atoms with E-state index in [1.54, 1.807) is 17.3 Å². The minimum absolute atomic E-state index is 0.0958. The van der Waals surface area contributed by atoms with Gasteiger partial charge in [-0.3, -0.25) is 4.79 Å². The minimum Gasteiger partial charge on any atom is -0.486 e. The van der Waals surface area contributed by atoms with Crippen LogP contribution in [0.15, 0.2) is 23.6 Å². The van der Waals surface area contributed by atoms with Crippen molar-refractivity contribution in [3.05, 3.63) is 29.3 Å². The topological polar surface area (TPSA) is 77.7 Å². The van der Waals surface area contributed by atoms with Crippen LogP contribution in [0.5, 0.6) is 11.5 Å². The van der Waals surface area contributed by atoms with Crippen LogP contribution >= 0.6 is 11.3 Å². The molecule has 2 heterocycles. The van der Waals surface area contributed by atoms with Gasteiger partial charge in [0, 0.05) is 24.5 Å². The summed E-state index contributed by atoms with van der Waals surface area (Å²) in [5.41, 5.74) is 6.99. The maximum absolute atomic E-state index is 12.6. The first-order valence-corrected chi connectivity index (χ1v) is 9.09. The first kappa shape index (κ1) is 17.7. The van der Waals surface area contributed by atoms with E-state index in [1.165, 1.54) is 11.3 Å². The lowest BCUT2D eigenvalue weighted by molar-refractivity contribution is 0.0735. The molecule has 2 N–H and O–H groups in total. The fourth-order valence-corrected chi connectivity index (χ4v) is 3.45. The van der Waals surface area contributed by atoms with Crippen molar-refractivity contribution in [2.24, 2.45) is 11.1 Å². The Morgan fingerprint density at radius 2 is 2.04 bits per heavy atom. The van der Waals surface area contributed by atoms with Crippen LogP contribution in [-0.2, 0) is 0 Å².